The Morgan fingerprint density at radius 1 is 1.60 bits per heavy atom. The Morgan fingerprint density at radius 3 is 3.00 bits per heavy atom. The number of halogens is 1. The number of fused-ring (bicyclic) bond motifs is 1. The van der Waals surface area contributed by atoms with E-state index < -0.39 is 6.09 Å². The number of nitrogens with zero attached hydrogens (tertiary/aromatic N) is 1. The summed E-state index contributed by atoms with van der Waals surface area (Å²) >= 11 is 0. The number of hydrogen-bond acceptors (Lipinski definition) is 2. The van der Waals surface area contributed by atoms with Crippen LogP contribution in [0.2, 0.25) is 0 Å². The molecule has 2 rings (SSSR count). The number of hydrogen-bond donors (Lipinski definition) is 0. The highest BCUT2D eigenvalue weighted by molar-refractivity contribution is 5.91. The minimum atomic E-state index is -0.438. The first-order valence-electron chi connectivity index (χ1n) is 4.79. The van der Waals surface area contributed by atoms with Crippen LogP contribution in [0.3, 0.4) is 0 Å². The van der Waals surface area contributed by atoms with Crippen molar-refractivity contribution in [2.24, 2.45) is 0 Å². The maximum atomic E-state index is 13.1. The largest absolute Gasteiger partial charge is 0.452 e. The summed E-state index contributed by atoms with van der Waals surface area (Å²) in [5.74, 6) is -0.336. The van der Waals surface area contributed by atoms with Crippen molar-refractivity contribution in [1.29, 1.82) is 0 Å². The van der Waals surface area contributed by atoms with E-state index in [1.807, 2.05) is 6.92 Å². The van der Waals surface area contributed by atoms with E-state index in [1.165, 1.54) is 24.1 Å². The molecule has 4 heteroatoms. The van der Waals surface area contributed by atoms with Crippen molar-refractivity contribution in [1.82, 2.24) is 0 Å². The molecule has 0 unspecified atom stereocenters. The third-order valence-corrected chi connectivity index (χ3v) is 2.63. The number of rotatable bonds is 0. The van der Waals surface area contributed by atoms with Crippen LogP contribution in [-0.4, -0.2) is 19.2 Å². The molecule has 3 nitrogen and oxygen atoms in total. The van der Waals surface area contributed by atoms with Gasteiger partial charge in [-0.15, -0.1) is 0 Å². The van der Waals surface area contributed by atoms with Crippen molar-refractivity contribution in [2.75, 3.05) is 12.0 Å². The Kier molecular flexibility index (Phi) is 2.34. The molecular weight excluding hydrogens is 197 g/mol. The zero-order valence-electron chi connectivity index (χ0n) is 8.66. The second kappa shape index (κ2) is 3.53. The number of carbonyl (C=O) groups excluding carboxylic acids is 1. The van der Waals surface area contributed by atoms with Gasteiger partial charge in [0.2, 0.25) is 0 Å². The highest BCUT2D eigenvalue weighted by Crippen LogP contribution is 2.32. The molecule has 1 aliphatic heterocycles. The van der Waals surface area contributed by atoms with Crippen LogP contribution in [0.25, 0.3) is 0 Å². The monoisotopic (exact) mass is 209 g/mol. The number of amides is 1. The van der Waals surface area contributed by atoms with Crippen LogP contribution in [0.1, 0.15) is 12.5 Å². The quantitative estimate of drug-likeness (QED) is 0.656. The predicted octanol–water partition coefficient (Wildman–Crippen LogP) is 2.34. The van der Waals surface area contributed by atoms with Crippen molar-refractivity contribution in [3.63, 3.8) is 0 Å². The van der Waals surface area contributed by atoms with Gasteiger partial charge in [0.05, 0.1) is 12.8 Å². The van der Waals surface area contributed by atoms with Crippen molar-refractivity contribution < 1.29 is 13.9 Å². The van der Waals surface area contributed by atoms with Crippen LogP contribution in [0.4, 0.5) is 14.9 Å². The Balaban J connectivity index is 2.43. The number of anilines is 1. The summed E-state index contributed by atoms with van der Waals surface area (Å²) in [5, 5.41) is 0. The fraction of sp³-hybridized carbons (Fsp3) is 0.364. The lowest BCUT2D eigenvalue weighted by atomic mass is 10.1. The third kappa shape index (κ3) is 1.56. The lowest BCUT2D eigenvalue weighted by Crippen LogP contribution is -2.35. The SMILES string of the molecule is COC(=O)N1c2cc(F)ccc2C[C@@H]1C. The number of ether oxygens (including phenoxy) is 1. The van der Waals surface area contributed by atoms with Gasteiger partial charge in [0, 0.05) is 6.04 Å². The van der Waals surface area contributed by atoms with Gasteiger partial charge in [0.1, 0.15) is 5.82 Å². The molecule has 0 radical (unpaired) electrons. The number of benzene rings is 1. The van der Waals surface area contributed by atoms with Gasteiger partial charge < -0.3 is 4.74 Å². The van der Waals surface area contributed by atoms with Crippen LogP contribution < -0.4 is 4.90 Å². The van der Waals surface area contributed by atoms with Gasteiger partial charge in [-0.25, -0.2) is 9.18 Å². The van der Waals surface area contributed by atoms with Gasteiger partial charge in [0.15, 0.2) is 0 Å². The second-order valence-corrected chi connectivity index (χ2v) is 3.67. The van der Waals surface area contributed by atoms with E-state index in [9.17, 15) is 9.18 Å². The van der Waals surface area contributed by atoms with Gasteiger partial charge in [-0.05, 0) is 31.0 Å². The standard InChI is InChI=1S/C11H12FNO2/c1-7-5-8-3-4-9(12)6-10(8)13(7)11(14)15-2/h3-4,6-7H,5H2,1-2H3/t7-/m0/s1. The zero-order chi connectivity index (χ0) is 11.0. The molecule has 1 aromatic carbocycles. The molecule has 0 saturated carbocycles. The molecule has 0 spiro atoms. The molecule has 0 bridgehead atoms. The molecule has 0 fully saturated rings. The maximum Gasteiger partial charge on any atom is 0.414 e. The highest BCUT2D eigenvalue weighted by Gasteiger charge is 2.31. The molecule has 0 aromatic heterocycles. The average molecular weight is 209 g/mol. The van der Waals surface area contributed by atoms with E-state index in [0.717, 1.165) is 12.0 Å². The molecular formula is C11H12FNO2. The predicted molar refractivity (Wildman–Crippen MR) is 54.5 cm³/mol. The summed E-state index contributed by atoms with van der Waals surface area (Å²) in [4.78, 5) is 13.0. The molecule has 1 amide bonds. The minimum absolute atomic E-state index is 0.0225. The van der Waals surface area contributed by atoms with Gasteiger partial charge in [-0.1, -0.05) is 6.07 Å². The summed E-state index contributed by atoms with van der Waals surface area (Å²) < 4.78 is 17.7. The molecule has 0 aliphatic carbocycles. The van der Waals surface area contributed by atoms with Crippen molar-refractivity contribution in [3.05, 3.63) is 29.6 Å². The van der Waals surface area contributed by atoms with Crippen molar-refractivity contribution >= 4 is 11.8 Å². The van der Waals surface area contributed by atoms with E-state index in [4.69, 9.17) is 0 Å². The van der Waals surface area contributed by atoms with Crippen LogP contribution >= 0.6 is 0 Å². The van der Waals surface area contributed by atoms with Crippen LogP contribution in [0.5, 0.6) is 0 Å². The van der Waals surface area contributed by atoms with Gasteiger partial charge in [-0.2, -0.15) is 0 Å². The lowest BCUT2D eigenvalue weighted by Gasteiger charge is -2.20. The van der Waals surface area contributed by atoms with E-state index in [1.54, 1.807) is 6.07 Å². The highest BCUT2D eigenvalue weighted by atomic mass is 19.1. The summed E-state index contributed by atoms with van der Waals surface area (Å²) in [6.07, 6.45) is 0.303. The van der Waals surface area contributed by atoms with E-state index in [-0.39, 0.29) is 11.9 Å². The van der Waals surface area contributed by atoms with Crippen LogP contribution in [0.15, 0.2) is 18.2 Å². The third-order valence-electron chi connectivity index (χ3n) is 2.63. The molecule has 15 heavy (non-hydrogen) atoms. The van der Waals surface area contributed by atoms with E-state index >= 15 is 0 Å². The van der Waals surface area contributed by atoms with Crippen molar-refractivity contribution in [3.8, 4) is 0 Å². The maximum absolute atomic E-state index is 13.1. The number of carbonyl (C=O) groups is 1. The summed E-state index contributed by atoms with van der Waals surface area (Å²) in [5.41, 5.74) is 1.60. The molecule has 0 saturated heterocycles. The molecule has 1 atom stereocenters. The van der Waals surface area contributed by atoms with E-state index in [0.29, 0.717) is 5.69 Å². The number of methoxy groups -OCH3 is 1. The Hall–Kier alpha value is -1.58. The van der Waals surface area contributed by atoms with Gasteiger partial charge >= 0.3 is 6.09 Å². The van der Waals surface area contributed by atoms with Gasteiger partial charge in [0.25, 0.3) is 0 Å². The Labute approximate surface area is 87.5 Å². The molecule has 1 aliphatic rings. The second-order valence-electron chi connectivity index (χ2n) is 3.67. The first-order valence-corrected chi connectivity index (χ1v) is 4.79. The fourth-order valence-corrected chi connectivity index (χ4v) is 1.96. The Bertz CT molecular complexity index is 406. The first-order chi connectivity index (χ1) is 7.13. The molecule has 0 N–H and O–H groups in total. The molecule has 80 valence electrons. The lowest BCUT2D eigenvalue weighted by molar-refractivity contribution is 0.177. The first kappa shape index (κ1) is 9.96. The topological polar surface area (TPSA) is 29.5 Å². The normalized spacial score (nSPS) is 18.9. The van der Waals surface area contributed by atoms with Crippen LogP contribution in [0, 0.1) is 5.82 Å². The van der Waals surface area contributed by atoms with Crippen molar-refractivity contribution in [2.45, 2.75) is 19.4 Å². The smallest absolute Gasteiger partial charge is 0.414 e. The minimum Gasteiger partial charge on any atom is -0.452 e. The van der Waals surface area contributed by atoms with Crippen LogP contribution in [-0.2, 0) is 11.2 Å². The summed E-state index contributed by atoms with van der Waals surface area (Å²) in [7, 11) is 1.33. The molecule has 1 aromatic rings. The summed E-state index contributed by atoms with van der Waals surface area (Å²) in [6.45, 7) is 1.91. The van der Waals surface area contributed by atoms with E-state index in [2.05, 4.69) is 4.74 Å². The van der Waals surface area contributed by atoms with Gasteiger partial charge in [-0.3, -0.25) is 4.90 Å². The summed E-state index contributed by atoms with van der Waals surface area (Å²) in [6, 6.07) is 4.51. The Morgan fingerprint density at radius 2 is 2.33 bits per heavy atom. The zero-order valence-corrected chi connectivity index (χ0v) is 8.66. The average Bonchev–Trinajstić information content (AvgIpc) is 2.52. The molecule has 1 heterocycles. The fourth-order valence-electron chi connectivity index (χ4n) is 1.96.